The molecule has 0 spiro atoms. The van der Waals surface area contributed by atoms with E-state index in [0.717, 1.165) is 5.39 Å². The summed E-state index contributed by atoms with van der Waals surface area (Å²) < 4.78 is 14.3. The van der Waals surface area contributed by atoms with E-state index in [1.807, 2.05) is 0 Å². The lowest BCUT2D eigenvalue weighted by Crippen LogP contribution is -2.13. The van der Waals surface area contributed by atoms with Gasteiger partial charge >= 0.3 is 0 Å². The zero-order valence-corrected chi connectivity index (χ0v) is 13.0. The van der Waals surface area contributed by atoms with Crippen LogP contribution in [0.1, 0.15) is 9.67 Å². The van der Waals surface area contributed by atoms with Crippen LogP contribution in [-0.4, -0.2) is 10.9 Å². The molecule has 0 unspecified atom stereocenters. The maximum Gasteiger partial charge on any atom is 0.268 e. The van der Waals surface area contributed by atoms with Crippen molar-refractivity contribution in [1.29, 1.82) is 0 Å². The Labute approximate surface area is 131 Å². The Morgan fingerprint density at radius 2 is 2.19 bits per heavy atom. The number of halogens is 2. The molecule has 2 heterocycles. The van der Waals surface area contributed by atoms with Crippen LogP contribution in [0.5, 0.6) is 0 Å². The predicted octanol–water partition coefficient (Wildman–Crippen LogP) is 4.03. The minimum absolute atomic E-state index is 0.0965. The van der Waals surface area contributed by atoms with E-state index in [0.29, 0.717) is 19.9 Å². The lowest BCUT2D eigenvalue weighted by Gasteiger charge is -2.06. The lowest BCUT2D eigenvalue weighted by molar-refractivity contribution is 0.103. The van der Waals surface area contributed by atoms with Gasteiger partial charge in [0, 0.05) is 16.1 Å². The van der Waals surface area contributed by atoms with Crippen molar-refractivity contribution in [1.82, 2.24) is 4.98 Å². The fourth-order valence-corrected chi connectivity index (χ4v) is 3.21. The number of aromatic nitrogens is 1. The summed E-state index contributed by atoms with van der Waals surface area (Å²) in [7, 11) is 0. The molecular formula is C14H9BrFN3OS. The molecule has 1 aromatic carbocycles. The van der Waals surface area contributed by atoms with Gasteiger partial charge in [-0.05, 0) is 30.3 Å². The molecule has 0 aliphatic heterocycles. The van der Waals surface area contributed by atoms with E-state index in [2.05, 4.69) is 26.2 Å². The van der Waals surface area contributed by atoms with Crippen LogP contribution in [0.15, 0.2) is 41.0 Å². The van der Waals surface area contributed by atoms with Gasteiger partial charge in [0.1, 0.15) is 15.5 Å². The van der Waals surface area contributed by atoms with E-state index in [1.54, 1.807) is 24.4 Å². The van der Waals surface area contributed by atoms with Gasteiger partial charge in [-0.15, -0.1) is 11.3 Å². The van der Waals surface area contributed by atoms with Crippen LogP contribution in [0.2, 0.25) is 0 Å². The Morgan fingerprint density at radius 1 is 1.38 bits per heavy atom. The average molecular weight is 366 g/mol. The highest BCUT2D eigenvalue weighted by Crippen LogP contribution is 2.32. The summed E-state index contributed by atoms with van der Waals surface area (Å²) in [4.78, 5) is 17.4. The first-order chi connectivity index (χ1) is 10.1. The summed E-state index contributed by atoms with van der Waals surface area (Å²) in [6, 6.07) is 7.87. The minimum atomic E-state index is -0.510. The number of nitrogens with one attached hydrogen (secondary N) is 1. The predicted molar refractivity (Wildman–Crippen MR) is 86.1 cm³/mol. The second-order valence-corrected chi connectivity index (χ2v) is 6.19. The molecule has 2 aromatic heterocycles. The van der Waals surface area contributed by atoms with Crippen LogP contribution in [0, 0.1) is 5.82 Å². The number of pyridine rings is 1. The Morgan fingerprint density at radius 3 is 2.95 bits per heavy atom. The molecular weight excluding hydrogens is 357 g/mol. The highest BCUT2D eigenvalue weighted by atomic mass is 79.9. The molecule has 1 amide bonds. The van der Waals surface area contributed by atoms with Crippen LogP contribution in [0.25, 0.3) is 10.2 Å². The summed E-state index contributed by atoms with van der Waals surface area (Å²) in [6.45, 7) is 0. The summed E-state index contributed by atoms with van der Waals surface area (Å²) in [6.07, 6.45) is 1.63. The number of thiophene rings is 1. The zero-order valence-electron chi connectivity index (χ0n) is 10.6. The number of rotatable bonds is 2. The number of nitrogens with two attached hydrogens (primary N) is 1. The number of hydrogen-bond acceptors (Lipinski definition) is 4. The smallest absolute Gasteiger partial charge is 0.268 e. The van der Waals surface area contributed by atoms with Crippen LogP contribution >= 0.6 is 27.3 Å². The molecule has 0 saturated heterocycles. The fourth-order valence-electron chi connectivity index (χ4n) is 1.89. The summed E-state index contributed by atoms with van der Waals surface area (Å²) in [5, 5.41) is 3.25. The van der Waals surface area contributed by atoms with E-state index in [9.17, 15) is 9.18 Å². The van der Waals surface area contributed by atoms with Gasteiger partial charge < -0.3 is 11.1 Å². The molecule has 21 heavy (non-hydrogen) atoms. The highest BCUT2D eigenvalue weighted by Gasteiger charge is 2.18. The highest BCUT2D eigenvalue weighted by molar-refractivity contribution is 9.10. The second-order valence-electron chi connectivity index (χ2n) is 4.28. The Balaban J connectivity index is 1.97. The second kappa shape index (κ2) is 5.42. The number of nitrogens with zero attached hydrogens (tertiary/aromatic N) is 1. The Kier molecular flexibility index (Phi) is 3.60. The number of hydrogen-bond donors (Lipinski definition) is 2. The SMILES string of the molecule is Nc1c(C(=O)Nc2cc(Br)ccc2F)sc2ncccc12. The maximum absolute atomic E-state index is 13.7. The molecule has 7 heteroatoms. The molecule has 0 fully saturated rings. The van der Waals surface area contributed by atoms with E-state index in [1.165, 1.54) is 23.5 Å². The number of fused-ring (bicyclic) bond motifs is 1. The topological polar surface area (TPSA) is 68.0 Å². The molecule has 0 saturated carbocycles. The van der Waals surface area contributed by atoms with E-state index < -0.39 is 11.7 Å². The molecule has 106 valence electrons. The van der Waals surface area contributed by atoms with Crippen LogP contribution < -0.4 is 11.1 Å². The van der Waals surface area contributed by atoms with Crippen molar-refractivity contribution in [2.24, 2.45) is 0 Å². The molecule has 3 aromatic rings. The van der Waals surface area contributed by atoms with E-state index in [4.69, 9.17) is 5.73 Å². The summed E-state index contributed by atoms with van der Waals surface area (Å²) >= 11 is 4.41. The van der Waals surface area contributed by atoms with Gasteiger partial charge in [0.2, 0.25) is 0 Å². The monoisotopic (exact) mass is 365 g/mol. The van der Waals surface area contributed by atoms with Crippen molar-refractivity contribution in [3.63, 3.8) is 0 Å². The maximum atomic E-state index is 13.7. The summed E-state index contributed by atoms with van der Waals surface area (Å²) in [5.74, 6) is -0.961. The van der Waals surface area contributed by atoms with E-state index >= 15 is 0 Å². The summed E-state index contributed by atoms with van der Waals surface area (Å²) in [5.41, 5.74) is 6.42. The average Bonchev–Trinajstić information content (AvgIpc) is 2.81. The molecule has 0 aliphatic carbocycles. The third kappa shape index (κ3) is 2.62. The standard InChI is InChI=1S/C14H9BrFN3OS/c15-7-3-4-9(16)10(6-7)19-13(20)12-11(17)8-2-1-5-18-14(8)21-12/h1-6H,17H2,(H,19,20). The lowest BCUT2D eigenvalue weighted by atomic mass is 10.2. The number of carbonyl (C=O) groups is 1. The number of anilines is 2. The third-order valence-corrected chi connectivity index (χ3v) is 4.51. The molecule has 0 radical (unpaired) electrons. The Hall–Kier alpha value is -1.99. The minimum Gasteiger partial charge on any atom is -0.397 e. The van der Waals surface area contributed by atoms with Crippen LogP contribution in [0.3, 0.4) is 0 Å². The van der Waals surface area contributed by atoms with Crippen molar-refractivity contribution in [3.8, 4) is 0 Å². The van der Waals surface area contributed by atoms with Gasteiger partial charge in [-0.3, -0.25) is 4.79 Å². The van der Waals surface area contributed by atoms with Crippen molar-refractivity contribution in [3.05, 3.63) is 51.7 Å². The van der Waals surface area contributed by atoms with Crippen molar-refractivity contribution < 1.29 is 9.18 Å². The van der Waals surface area contributed by atoms with Gasteiger partial charge in [0.15, 0.2) is 0 Å². The third-order valence-electron chi connectivity index (χ3n) is 2.89. The largest absolute Gasteiger partial charge is 0.397 e. The molecule has 0 atom stereocenters. The first kappa shape index (κ1) is 14.0. The Bertz CT molecular complexity index is 849. The van der Waals surface area contributed by atoms with Gasteiger partial charge in [0.05, 0.1) is 11.4 Å². The van der Waals surface area contributed by atoms with Crippen molar-refractivity contribution >= 4 is 54.8 Å². The zero-order chi connectivity index (χ0) is 15.0. The van der Waals surface area contributed by atoms with Gasteiger partial charge in [-0.1, -0.05) is 15.9 Å². The molecule has 3 N–H and O–H groups in total. The molecule has 0 aliphatic rings. The van der Waals surface area contributed by atoms with Gasteiger partial charge in [0.25, 0.3) is 5.91 Å². The quantitative estimate of drug-likeness (QED) is 0.720. The molecule has 3 rings (SSSR count). The van der Waals surface area contributed by atoms with Crippen LogP contribution in [-0.2, 0) is 0 Å². The van der Waals surface area contributed by atoms with E-state index in [-0.39, 0.29) is 5.69 Å². The number of nitrogen functional groups attached to an aromatic ring is 1. The molecule has 4 nitrogen and oxygen atoms in total. The van der Waals surface area contributed by atoms with Gasteiger partial charge in [-0.25, -0.2) is 9.37 Å². The van der Waals surface area contributed by atoms with Crippen molar-refractivity contribution in [2.45, 2.75) is 0 Å². The normalized spacial score (nSPS) is 10.8. The first-order valence-electron chi connectivity index (χ1n) is 5.95. The van der Waals surface area contributed by atoms with Gasteiger partial charge in [-0.2, -0.15) is 0 Å². The number of amides is 1. The number of carbonyl (C=O) groups excluding carboxylic acids is 1. The fraction of sp³-hybridized carbons (Fsp3) is 0. The number of benzene rings is 1. The molecule has 0 bridgehead atoms. The first-order valence-corrected chi connectivity index (χ1v) is 7.56. The van der Waals surface area contributed by atoms with Crippen LogP contribution in [0.4, 0.5) is 15.8 Å². The van der Waals surface area contributed by atoms with Crippen molar-refractivity contribution in [2.75, 3.05) is 11.1 Å².